The van der Waals surface area contributed by atoms with Gasteiger partial charge >= 0.3 is 0 Å². The van der Waals surface area contributed by atoms with Crippen LogP contribution in [0.15, 0.2) is 72.8 Å². The Morgan fingerprint density at radius 2 is 1.15 bits per heavy atom. The molecule has 0 heteroatoms. The van der Waals surface area contributed by atoms with Crippen molar-refractivity contribution in [2.24, 2.45) is 5.41 Å². The highest BCUT2D eigenvalue weighted by Gasteiger charge is 2.45. The summed E-state index contributed by atoms with van der Waals surface area (Å²) in [6.45, 7) is 4.24. The van der Waals surface area contributed by atoms with Gasteiger partial charge in [-0.3, -0.25) is 0 Å². The smallest absolute Gasteiger partial charge is 0.00469 e. The van der Waals surface area contributed by atoms with Crippen molar-refractivity contribution >= 4 is 0 Å². The topological polar surface area (TPSA) is 0 Å². The van der Waals surface area contributed by atoms with Crippen molar-refractivity contribution in [1.29, 1.82) is 0 Å². The Balaban J connectivity index is 1.57. The third kappa shape index (κ3) is 3.01. The molecule has 0 saturated heterocycles. The van der Waals surface area contributed by atoms with Crippen LogP contribution in [0.4, 0.5) is 0 Å². The van der Waals surface area contributed by atoms with Gasteiger partial charge in [0.1, 0.15) is 0 Å². The third-order valence-corrected chi connectivity index (χ3v) is 4.65. The van der Waals surface area contributed by atoms with Gasteiger partial charge in [-0.25, -0.2) is 0 Å². The number of allylic oxidation sites excluding steroid dienone is 1. The maximum absolute atomic E-state index is 4.24. The first-order valence-corrected chi connectivity index (χ1v) is 7.55. The largest absolute Gasteiger partial charge is 0.0993 e. The van der Waals surface area contributed by atoms with Crippen LogP contribution in [-0.2, 0) is 12.8 Å². The molecule has 0 spiro atoms. The molecule has 0 bridgehead atoms. The fraction of sp³-hybridized carbons (Fsp3) is 0.300. The first kappa shape index (κ1) is 13.2. The van der Waals surface area contributed by atoms with Crippen LogP contribution in [0.3, 0.4) is 0 Å². The molecule has 0 unspecified atom stereocenters. The average Bonchev–Trinajstić information content (AvgIpc) is 3.16. The zero-order valence-electron chi connectivity index (χ0n) is 12.0. The predicted octanol–water partition coefficient (Wildman–Crippen LogP) is 5.20. The van der Waals surface area contributed by atoms with E-state index in [1.165, 1.54) is 48.8 Å². The summed E-state index contributed by atoms with van der Waals surface area (Å²) in [5.41, 5.74) is 4.79. The molecule has 0 N–H and O–H groups in total. The van der Waals surface area contributed by atoms with E-state index in [4.69, 9.17) is 0 Å². The normalized spacial score (nSPS) is 16.1. The second kappa shape index (κ2) is 5.66. The average molecular weight is 262 g/mol. The summed E-state index contributed by atoms with van der Waals surface area (Å²) in [5.74, 6) is 0. The molecule has 0 aliphatic heterocycles. The fourth-order valence-corrected chi connectivity index (χ4v) is 3.08. The molecule has 1 saturated carbocycles. The SMILES string of the molecule is C=C1CC1(CCc1ccccc1)CCc1ccccc1. The Morgan fingerprint density at radius 3 is 1.50 bits per heavy atom. The van der Waals surface area contributed by atoms with Crippen LogP contribution >= 0.6 is 0 Å². The minimum Gasteiger partial charge on any atom is -0.0993 e. The summed E-state index contributed by atoms with van der Waals surface area (Å²) in [7, 11) is 0. The molecule has 3 rings (SSSR count). The van der Waals surface area contributed by atoms with Gasteiger partial charge in [-0.15, -0.1) is 0 Å². The summed E-state index contributed by atoms with van der Waals surface area (Å²) in [4.78, 5) is 0. The second-order valence-electron chi connectivity index (χ2n) is 6.03. The van der Waals surface area contributed by atoms with E-state index < -0.39 is 0 Å². The molecule has 0 amide bonds. The van der Waals surface area contributed by atoms with Gasteiger partial charge in [0.25, 0.3) is 0 Å². The molecule has 0 nitrogen and oxygen atoms in total. The Labute approximate surface area is 122 Å². The first-order valence-electron chi connectivity index (χ1n) is 7.55. The van der Waals surface area contributed by atoms with Crippen molar-refractivity contribution in [2.45, 2.75) is 32.1 Å². The monoisotopic (exact) mass is 262 g/mol. The second-order valence-corrected chi connectivity index (χ2v) is 6.03. The molecule has 20 heavy (non-hydrogen) atoms. The fourth-order valence-electron chi connectivity index (χ4n) is 3.08. The minimum atomic E-state index is 0.422. The van der Waals surface area contributed by atoms with E-state index in [0.29, 0.717) is 5.41 Å². The lowest BCUT2D eigenvalue weighted by atomic mass is 9.89. The van der Waals surface area contributed by atoms with Crippen molar-refractivity contribution in [1.82, 2.24) is 0 Å². The summed E-state index contributed by atoms with van der Waals surface area (Å²) in [5, 5.41) is 0. The van der Waals surface area contributed by atoms with Gasteiger partial charge in [0.15, 0.2) is 0 Å². The molecule has 2 aromatic rings. The number of hydrogen-bond acceptors (Lipinski definition) is 0. The number of benzene rings is 2. The standard InChI is InChI=1S/C20H22/c1-17-16-20(17,14-12-18-8-4-2-5-9-18)15-13-19-10-6-3-7-11-19/h2-11H,1,12-16H2. The van der Waals surface area contributed by atoms with E-state index in [1.54, 1.807) is 0 Å². The van der Waals surface area contributed by atoms with Crippen LogP contribution in [-0.4, -0.2) is 0 Å². The molecule has 0 aromatic heterocycles. The molecule has 1 aliphatic carbocycles. The molecule has 1 fully saturated rings. The van der Waals surface area contributed by atoms with Gasteiger partial charge in [0, 0.05) is 0 Å². The van der Waals surface area contributed by atoms with Crippen LogP contribution in [0, 0.1) is 5.41 Å². The summed E-state index contributed by atoms with van der Waals surface area (Å²) in [6.07, 6.45) is 6.08. The molecule has 0 atom stereocenters. The van der Waals surface area contributed by atoms with Crippen molar-refractivity contribution in [3.8, 4) is 0 Å². The van der Waals surface area contributed by atoms with Gasteiger partial charge in [0.05, 0.1) is 0 Å². The molecule has 2 aromatic carbocycles. The Morgan fingerprint density at radius 1 is 0.750 bits per heavy atom. The lowest BCUT2D eigenvalue weighted by Gasteiger charge is -2.15. The lowest BCUT2D eigenvalue weighted by molar-refractivity contribution is 0.452. The van der Waals surface area contributed by atoms with E-state index in [9.17, 15) is 0 Å². The Kier molecular flexibility index (Phi) is 3.73. The maximum atomic E-state index is 4.24. The molecule has 0 radical (unpaired) electrons. The first-order chi connectivity index (χ1) is 9.78. The van der Waals surface area contributed by atoms with Crippen molar-refractivity contribution < 1.29 is 0 Å². The van der Waals surface area contributed by atoms with Crippen molar-refractivity contribution in [3.05, 3.63) is 83.9 Å². The molecule has 1 aliphatic rings. The van der Waals surface area contributed by atoms with Gasteiger partial charge in [-0.05, 0) is 48.6 Å². The minimum absolute atomic E-state index is 0.422. The molecule has 102 valence electrons. The third-order valence-electron chi connectivity index (χ3n) is 4.65. The van der Waals surface area contributed by atoms with Crippen molar-refractivity contribution in [3.63, 3.8) is 0 Å². The lowest BCUT2D eigenvalue weighted by Crippen LogP contribution is -2.05. The van der Waals surface area contributed by atoms with Crippen LogP contribution in [0.5, 0.6) is 0 Å². The van der Waals surface area contributed by atoms with E-state index >= 15 is 0 Å². The van der Waals surface area contributed by atoms with Crippen LogP contribution in [0.2, 0.25) is 0 Å². The van der Waals surface area contributed by atoms with E-state index in [1.807, 2.05) is 0 Å². The van der Waals surface area contributed by atoms with Crippen LogP contribution < -0.4 is 0 Å². The maximum Gasteiger partial charge on any atom is -0.00469 e. The van der Waals surface area contributed by atoms with Gasteiger partial charge < -0.3 is 0 Å². The van der Waals surface area contributed by atoms with Crippen LogP contribution in [0.25, 0.3) is 0 Å². The summed E-state index contributed by atoms with van der Waals surface area (Å²) in [6, 6.07) is 21.6. The van der Waals surface area contributed by atoms with Gasteiger partial charge in [-0.2, -0.15) is 0 Å². The quantitative estimate of drug-likeness (QED) is 0.628. The number of aryl methyl sites for hydroxylation is 2. The van der Waals surface area contributed by atoms with E-state index in [0.717, 1.165) is 0 Å². The Hall–Kier alpha value is -1.82. The molecule has 0 heterocycles. The highest BCUT2D eigenvalue weighted by molar-refractivity contribution is 5.31. The van der Waals surface area contributed by atoms with E-state index in [2.05, 4.69) is 67.2 Å². The van der Waals surface area contributed by atoms with Crippen LogP contribution in [0.1, 0.15) is 30.4 Å². The molecular formula is C20H22. The van der Waals surface area contributed by atoms with Gasteiger partial charge in [0.2, 0.25) is 0 Å². The predicted molar refractivity (Wildman–Crippen MR) is 85.7 cm³/mol. The van der Waals surface area contributed by atoms with Crippen molar-refractivity contribution in [2.75, 3.05) is 0 Å². The molecular weight excluding hydrogens is 240 g/mol. The highest BCUT2D eigenvalue weighted by atomic mass is 14.5. The Bertz CT molecular complexity index is 522. The highest BCUT2D eigenvalue weighted by Crippen LogP contribution is 2.57. The number of hydrogen-bond donors (Lipinski definition) is 0. The zero-order valence-corrected chi connectivity index (χ0v) is 12.0. The van der Waals surface area contributed by atoms with Gasteiger partial charge in [-0.1, -0.05) is 72.8 Å². The van der Waals surface area contributed by atoms with E-state index in [-0.39, 0.29) is 0 Å². The summed E-state index contributed by atoms with van der Waals surface area (Å²) < 4.78 is 0. The zero-order chi connectivity index (χ0) is 13.8. The summed E-state index contributed by atoms with van der Waals surface area (Å²) >= 11 is 0. The number of rotatable bonds is 6.